The van der Waals surface area contributed by atoms with Crippen LogP contribution in [0.1, 0.15) is 0 Å². The molecule has 0 fully saturated rings. The van der Waals surface area contributed by atoms with Gasteiger partial charge in [0.2, 0.25) is 0 Å². The Morgan fingerprint density at radius 1 is 0.281 bits per heavy atom. The van der Waals surface area contributed by atoms with Crippen LogP contribution in [0.25, 0.3) is 93.5 Å². The summed E-state index contributed by atoms with van der Waals surface area (Å²) in [7, 11) is 0. The Kier molecular flexibility index (Phi) is 9.20. The Balaban J connectivity index is 1.02. The van der Waals surface area contributed by atoms with Crippen LogP contribution in [0.5, 0.6) is 0 Å². The van der Waals surface area contributed by atoms with E-state index in [1.54, 1.807) is 0 Å². The van der Waals surface area contributed by atoms with Crippen LogP contribution >= 0.6 is 0 Å². The smallest absolute Gasteiger partial charge is 0.0547 e. The second-order valence-corrected chi connectivity index (χ2v) is 16.5. The minimum atomic E-state index is 1.09. The first-order valence-electron chi connectivity index (χ1n) is 22.0. The van der Waals surface area contributed by atoms with Crippen molar-refractivity contribution in [3.05, 3.63) is 255 Å². The molecule has 2 nitrogen and oxygen atoms in total. The fraction of sp³-hybridized carbons (Fsp3) is 0. The highest BCUT2D eigenvalue weighted by Gasteiger charge is 2.22. The van der Waals surface area contributed by atoms with Gasteiger partial charge < -0.3 is 9.47 Å². The van der Waals surface area contributed by atoms with E-state index in [1.807, 2.05) is 0 Å². The number of nitrogens with zero attached hydrogens (tertiary/aromatic N) is 2. The van der Waals surface area contributed by atoms with E-state index in [4.69, 9.17) is 0 Å². The number of hydrogen-bond donors (Lipinski definition) is 0. The molecule has 0 bridgehead atoms. The van der Waals surface area contributed by atoms with Crippen LogP contribution in [0.2, 0.25) is 0 Å². The minimum Gasteiger partial charge on any atom is -0.309 e. The zero-order valence-corrected chi connectivity index (χ0v) is 35.1. The van der Waals surface area contributed by atoms with Crippen molar-refractivity contribution < 1.29 is 0 Å². The van der Waals surface area contributed by atoms with E-state index in [-0.39, 0.29) is 0 Å². The quantitative estimate of drug-likeness (QED) is 0.139. The van der Waals surface area contributed by atoms with E-state index in [2.05, 4.69) is 264 Å². The Labute approximate surface area is 373 Å². The summed E-state index contributed by atoms with van der Waals surface area (Å²) in [4.78, 5) is 2.47. The molecule has 0 aliphatic rings. The zero-order valence-electron chi connectivity index (χ0n) is 35.1. The molecule has 0 N–H and O–H groups in total. The predicted octanol–water partition coefficient (Wildman–Crippen LogP) is 17.2. The molecule has 12 rings (SSSR count). The molecule has 12 aromatic rings. The van der Waals surface area contributed by atoms with E-state index >= 15 is 0 Å². The molecule has 64 heavy (non-hydrogen) atoms. The van der Waals surface area contributed by atoms with E-state index in [0.717, 1.165) is 33.9 Å². The lowest BCUT2D eigenvalue weighted by Crippen LogP contribution is -2.12. The lowest BCUT2D eigenvalue weighted by Gasteiger charge is -2.30. The largest absolute Gasteiger partial charge is 0.309 e. The van der Waals surface area contributed by atoms with Gasteiger partial charge in [0.25, 0.3) is 0 Å². The molecular weight excluding hydrogens is 773 g/mol. The molecule has 0 aliphatic heterocycles. The van der Waals surface area contributed by atoms with Gasteiger partial charge in [-0.05, 0) is 110 Å². The Hall–Kier alpha value is -8.46. The summed E-state index contributed by atoms with van der Waals surface area (Å²) in [5, 5.41) is 7.39. The second-order valence-electron chi connectivity index (χ2n) is 16.5. The molecule has 0 atom stereocenters. The highest BCUT2D eigenvalue weighted by Crippen LogP contribution is 2.47. The van der Waals surface area contributed by atoms with Gasteiger partial charge in [-0.15, -0.1) is 0 Å². The Morgan fingerprint density at radius 2 is 0.781 bits per heavy atom. The third kappa shape index (κ3) is 6.44. The monoisotopic (exact) mass is 814 g/mol. The number of hydrogen-bond acceptors (Lipinski definition) is 1. The number of para-hydroxylation sites is 3. The SMILES string of the molecule is c1ccc(-c2ccc(-c3ccc(N(c4ccccc4-c4cccc(-c5cccc6c5c5ccccc5n6-c5ccccc5)c4)c4cc5ccccc5c5ccccc45)cc3)cc2)cc1. The fourth-order valence-electron chi connectivity index (χ4n) is 9.80. The Bertz CT molecular complexity index is 3640. The first kappa shape index (κ1) is 37.3. The van der Waals surface area contributed by atoms with Crippen LogP contribution < -0.4 is 4.90 Å². The zero-order chi connectivity index (χ0) is 42.4. The maximum atomic E-state index is 2.47. The predicted molar refractivity (Wildman–Crippen MR) is 272 cm³/mol. The maximum Gasteiger partial charge on any atom is 0.0547 e. The molecule has 0 unspecified atom stereocenters. The molecule has 1 heterocycles. The van der Waals surface area contributed by atoms with Crippen LogP contribution in [0.4, 0.5) is 17.1 Å². The summed E-state index contributed by atoms with van der Waals surface area (Å²) in [5.41, 5.74) is 16.4. The van der Waals surface area contributed by atoms with Crippen molar-refractivity contribution in [3.8, 4) is 50.2 Å². The van der Waals surface area contributed by atoms with Gasteiger partial charge in [0.05, 0.1) is 22.4 Å². The highest BCUT2D eigenvalue weighted by atomic mass is 15.1. The molecule has 0 saturated heterocycles. The minimum absolute atomic E-state index is 1.09. The topological polar surface area (TPSA) is 8.17 Å². The first-order chi connectivity index (χ1) is 31.8. The van der Waals surface area contributed by atoms with Gasteiger partial charge in [0.15, 0.2) is 0 Å². The van der Waals surface area contributed by atoms with Gasteiger partial charge >= 0.3 is 0 Å². The summed E-state index contributed by atoms with van der Waals surface area (Å²) in [6.45, 7) is 0. The third-order valence-electron chi connectivity index (χ3n) is 12.8. The molecule has 11 aromatic carbocycles. The van der Waals surface area contributed by atoms with E-state index in [0.29, 0.717) is 0 Å². The third-order valence-corrected chi connectivity index (χ3v) is 12.8. The van der Waals surface area contributed by atoms with Crippen LogP contribution in [0, 0.1) is 0 Å². The number of rotatable bonds is 8. The van der Waals surface area contributed by atoms with Crippen LogP contribution in [-0.4, -0.2) is 4.57 Å². The molecule has 2 heteroatoms. The van der Waals surface area contributed by atoms with Gasteiger partial charge in [0.1, 0.15) is 0 Å². The van der Waals surface area contributed by atoms with Crippen LogP contribution in [0.3, 0.4) is 0 Å². The molecule has 300 valence electrons. The molecule has 0 saturated carbocycles. The number of aromatic nitrogens is 1. The maximum absolute atomic E-state index is 2.47. The summed E-state index contributed by atoms with van der Waals surface area (Å²) < 4.78 is 2.39. The van der Waals surface area contributed by atoms with Gasteiger partial charge in [0, 0.05) is 33.1 Å². The van der Waals surface area contributed by atoms with Crippen molar-refractivity contribution >= 4 is 60.4 Å². The van der Waals surface area contributed by atoms with Gasteiger partial charge in [-0.1, -0.05) is 200 Å². The Morgan fingerprint density at radius 3 is 1.53 bits per heavy atom. The normalized spacial score (nSPS) is 11.4. The average Bonchev–Trinajstić information content (AvgIpc) is 3.72. The molecule has 0 spiro atoms. The molecule has 0 amide bonds. The molecule has 0 aliphatic carbocycles. The number of anilines is 3. The summed E-state index contributed by atoms with van der Waals surface area (Å²) in [6, 6.07) is 92.7. The van der Waals surface area contributed by atoms with Crippen molar-refractivity contribution in [1.29, 1.82) is 0 Å². The van der Waals surface area contributed by atoms with Crippen LogP contribution in [-0.2, 0) is 0 Å². The van der Waals surface area contributed by atoms with Crippen molar-refractivity contribution in [1.82, 2.24) is 4.57 Å². The van der Waals surface area contributed by atoms with E-state index in [1.165, 1.54) is 76.7 Å². The van der Waals surface area contributed by atoms with Gasteiger partial charge in [-0.2, -0.15) is 0 Å². The fourth-order valence-corrected chi connectivity index (χ4v) is 9.80. The van der Waals surface area contributed by atoms with Crippen molar-refractivity contribution in [2.45, 2.75) is 0 Å². The summed E-state index contributed by atoms with van der Waals surface area (Å²) in [6.07, 6.45) is 0. The van der Waals surface area contributed by atoms with Crippen molar-refractivity contribution in [2.75, 3.05) is 4.90 Å². The standard InChI is InChI=1S/C62H42N2/c1-3-17-43(18-4-1)44-33-35-45(36-34-44)46-37-39-51(40-38-46)64(61-42-49-19-7-8-24-52(49)55-26-9-10-27-56(55)61)58-30-13-11-25-53(58)47-20-15-21-48(41-47)54-29-16-32-60-62(54)57-28-12-14-31-59(57)63(60)50-22-5-2-6-23-50/h1-42H. The average molecular weight is 815 g/mol. The van der Waals surface area contributed by atoms with Gasteiger partial charge in [-0.25, -0.2) is 0 Å². The molecule has 0 radical (unpaired) electrons. The number of benzene rings is 11. The van der Waals surface area contributed by atoms with Crippen molar-refractivity contribution in [2.24, 2.45) is 0 Å². The summed E-state index contributed by atoms with van der Waals surface area (Å²) >= 11 is 0. The van der Waals surface area contributed by atoms with Gasteiger partial charge in [-0.3, -0.25) is 0 Å². The summed E-state index contributed by atoms with van der Waals surface area (Å²) in [5.74, 6) is 0. The first-order valence-corrected chi connectivity index (χ1v) is 22.0. The highest BCUT2D eigenvalue weighted by molar-refractivity contribution is 6.17. The molecule has 1 aromatic heterocycles. The van der Waals surface area contributed by atoms with Crippen LogP contribution in [0.15, 0.2) is 255 Å². The lowest BCUT2D eigenvalue weighted by molar-refractivity contribution is 1.18. The molecular formula is C62H42N2. The number of fused-ring (bicyclic) bond motifs is 6. The second kappa shape index (κ2) is 15.8. The lowest BCUT2D eigenvalue weighted by atomic mass is 9.94. The van der Waals surface area contributed by atoms with E-state index in [9.17, 15) is 0 Å². The van der Waals surface area contributed by atoms with E-state index < -0.39 is 0 Å². The van der Waals surface area contributed by atoms with Crippen molar-refractivity contribution in [3.63, 3.8) is 0 Å².